The summed E-state index contributed by atoms with van der Waals surface area (Å²) in [5, 5.41) is 3.12. The number of benzene rings is 1. The van der Waals surface area contributed by atoms with Gasteiger partial charge in [0.15, 0.2) is 11.5 Å². The molecule has 1 aromatic carbocycles. The van der Waals surface area contributed by atoms with Crippen molar-refractivity contribution in [3.8, 4) is 0 Å². The zero-order chi connectivity index (χ0) is 21.5. The van der Waals surface area contributed by atoms with Gasteiger partial charge in [0.05, 0.1) is 21.3 Å². The lowest BCUT2D eigenvalue weighted by Gasteiger charge is -2.29. The standard InChI is InChI=1S/C23H28N4O3/c1-16(14-20(29-4)22(30-5)17(2)28-3)25-23-24-12-10-21(26-23)27-13-11-18-8-6-7-9-19(18)15-27/h6-10,12,14H,1,11,13,15H2,2-5H3,(H,24,25,26)/b20-14+,22-17-. The summed E-state index contributed by atoms with van der Waals surface area (Å²) < 4.78 is 16.1. The second-order valence-corrected chi connectivity index (χ2v) is 6.84. The molecule has 158 valence electrons. The molecule has 0 spiro atoms. The van der Waals surface area contributed by atoms with E-state index in [-0.39, 0.29) is 0 Å². The van der Waals surface area contributed by atoms with E-state index in [0.29, 0.717) is 28.9 Å². The highest BCUT2D eigenvalue weighted by molar-refractivity contribution is 5.49. The van der Waals surface area contributed by atoms with Gasteiger partial charge in [-0.2, -0.15) is 4.98 Å². The number of aromatic nitrogens is 2. The number of methoxy groups -OCH3 is 3. The second kappa shape index (κ2) is 9.82. The number of hydrogen-bond donors (Lipinski definition) is 1. The molecule has 0 radical (unpaired) electrons. The van der Waals surface area contributed by atoms with Gasteiger partial charge in [0.25, 0.3) is 0 Å². The van der Waals surface area contributed by atoms with Gasteiger partial charge in [0, 0.05) is 31.1 Å². The Morgan fingerprint density at radius 1 is 1.10 bits per heavy atom. The Morgan fingerprint density at radius 3 is 2.57 bits per heavy atom. The minimum atomic E-state index is 0.467. The van der Waals surface area contributed by atoms with Crippen LogP contribution in [0.4, 0.5) is 11.8 Å². The molecule has 0 aliphatic carbocycles. The van der Waals surface area contributed by atoms with E-state index in [9.17, 15) is 0 Å². The lowest BCUT2D eigenvalue weighted by Crippen LogP contribution is -2.31. The molecule has 0 fully saturated rings. The molecule has 3 rings (SSSR count). The number of rotatable bonds is 8. The summed E-state index contributed by atoms with van der Waals surface area (Å²) in [6, 6.07) is 10.5. The number of hydrogen-bond acceptors (Lipinski definition) is 7. The highest BCUT2D eigenvalue weighted by Crippen LogP contribution is 2.24. The highest BCUT2D eigenvalue weighted by atomic mass is 16.5. The predicted molar refractivity (Wildman–Crippen MR) is 118 cm³/mol. The van der Waals surface area contributed by atoms with Crippen LogP contribution in [0.15, 0.2) is 72.2 Å². The third-order valence-electron chi connectivity index (χ3n) is 4.95. The zero-order valence-corrected chi connectivity index (χ0v) is 17.9. The second-order valence-electron chi connectivity index (χ2n) is 6.84. The van der Waals surface area contributed by atoms with Crippen molar-refractivity contribution in [2.24, 2.45) is 0 Å². The van der Waals surface area contributed by atoms with E-state index in [1.165, 1.54) is 11.1 Å². The van der Waals surface area contributed by atoms with E-state index in [1.54, 1.807) is 40.5 Å². The van der Waals surface area contributed by atoms with Crippen molar-refractivity contribution < 1.29 is 14.2 Å². The van der Waals surface area contributed by atoms with Gasteiger partial charge in [-0.25, -0.2) is 4.98 Å². The van der Waals surface area contributed by atoms with E-state index >= 15 is 0 Å². The maximum absolute atomic E-state index is 5.44. The molecule has 1 N–H and O–H groups in total. The Morgan fingerprint density at radius 2 is 1.87 bits per heavy atom. The molecule has 0 atom stereocenters. The number of nitrogens with one attached hydrogen (secondary N) is 1. The predicted octanol–water partition coefficient (Wildman–Crippen LogP) is 4.02. The highest BCUT2D eigenvalue weighted by Gasteiger charge is 2.17. The normalized spacial score (nSPS) is 14.4. The van der Waals surface area contributed by atoms with E-state index in [1.807, 2.05) is 6.07 Å². The first-order chi connectivity index (χ1) is 14.5. The number of allylic oxidation sites excluding steroid dienone is 2. The van der Waals surface area contributed by atoms with E-state index in [2.05, 4.69) is 51.0 Å². The summed E-state index contributed by atoms with van der Waals surface area (Å²) in [4.78, 5) is 11.2. The molecular weight excluding hydrogens is 380 g/mol. The third-order valence-corrected chi connectivity index (χ3v) is 4.95. The van der Waals surface area contributed by atoms with Crippen LogP contribution < -0.4 is 10.2 Å². The first kappa shape index (κ1) is 21.2. The number of fused-ring (bicyclic) bond motifs is 1. The number of nitrogens with zero attached hydrogens (tertiary/aromatic N) is 3. The Labute approximate surface area is 177 Å². The van der Waals surface area contributed by atoms with Crippen LogP contribution in [0.3, 0.4) is 0 Å². The third kappa shape index (κ3) is 4.92. The lowest BCUT2D eigenvalue weighted by molar-refractivity contribution is 0.186. The SMILES string of the molecule is C=C(/C=C(OC)\C(OC)=C(/C)OC)Nc1nccc(N2CCc3ccccc3C2)n1. The molecule has 30 heavy (non-hydrogen) atoms. The fourth-order valence-corrected chi connectivity index (χ4v) is 3.34. The monoisotopic (exact) mass is 408 g/mol. The minimum Gasteiger partial charge on any atom is -0.497 e. The molecule has 7 heteroatoms. The van der Waals surface area contributed by atoms with Crippen LogP contribution in [0, 0.1) is 0 Å². The van der Waals surface area contributed by atoms with Gasteiger partial charge in [0.2, 0.25) is 5.95 Å². The molecule has 7 nitrogen and oxygen atoms in total. The van der Waals surface area contributed by atoms with Crippen LogP contribution in [0.25, 0.3) is 0 Å². The fraction of sp³-hybridized carbons (Fsp3) is 0.304. The van der Waals surface area contributed by atoms with Gasteiger partial charge in [0.1, 0.15) is 11.6 Å². The van der Waals surface area contributed by atoms with Gasteiger partial charge in [-0.1, -0.05) is 30.8 Å². The molecule has 1 aliphatic heterocycles. The van der Waals surface area contributed by atoms with Crippen LogP contribution in [0.2, 0.25) is 0 Å². The van der Waals surface area contributed by atoms with E-state index < -0.39 is 0 Å². The Hall–Kier alpha value is -3.48. The summed E-state index contributed by atoms with van der Waals surface area (Å²) in [6.07, 6.45) is 4.46. The maximum Gasteiger partial charge on any atom is 0.229 e. The van der Waals surface area contributed by atoms with Crippen molar-refractivity contribution in [1.29, 1.82) is 0 Å². The summed E-state index contributed by atoms with van der Waals surface area (Å²) >= 11 is 0. The molecule has 0 bridgehead atoms. The smallest absolute Gasteiger partial charge is 0.229 e. The van der Waals surface area contributed by atoms with Crippen molar-refractivity contribution in [1.82, 2.24) is 9.97 Å². The Balaban J connectivity index is 1.74. The number of anilines is 2. The zero-order valence-electron chi connectivity index (χ0n) is 17.9. The van der Waals surface area contributed by atoms with Crippen LogP contribution >= 0.6 is 0 Å². The lowest BCUT2D eigenvalue weighted by atomic mass is 10.00. The Bertz CT molecular complexity index is 968. The molecule has 1 aromatic heterocycles. The molecule has 0 amide bonds. The summed E-state index contributed by atoms with van der Waals surface area (Å²) in [5.74, 6) is 2.91. The topological polar surface area (TPSA) is 68.7 Å². The first-order valence-corrected chi connectivity index (χ1v) is 9.71. The van der Waals surface area contributed by atoms with Crippen molar-refractivity contribution >= 4 is 11.8 Å². The molecule has 0 saturated heterocycles. The van der Waals surface area contributed by atoms with Crippen LogP contribution in [-0.2, 0) is 27.2 Å². The average molecular weight is 409 g/mol. The quantitative estimate of drug-likeness (QED) is 0.523. The van der Waals surface area contributed by atoms with Crippen LogP contribution in [-0.4, -0.2) is 37.8 Å². The molecule has 2 heterocycles. The molecular formula is C23H28N4O3. The molecule has 1 aliphatic rings. The van der Waals surface area contributed by atoms with E-state index in [4.69, 9.17) is 14.2 Å². The van der Waals surface area contributed by atoms with Crippen molar-refractivity contribution in [3.63, 3.8) is 0 Å². The summed E-state index contributed by atoms with van der Waals surface area (Å²) in [6.45, 7) is 7.58. The minimum absolute atomic E-state index is 0.467. The van der Waals surface area contributed by atoms with Crippen LogP contribution in [0.1, 0.15) is 18.1 Å². The Kier molecular flexibility index (Phi) is 6.95. The van der Waals surface area contributed by atoms with Crippen LogP contribution in [0.5, 0.6) is 0 Å². The largest absolute Gasteiger partial charge is 0.497 e. The van der Waals surface area contributed by atoms with Gasteiger partial charge in [-0.3, -0.25) is 0 Å². The van der Waals surface area contributed by atoms with Gasteiger partial charge in [-0.15, -0.1) is 0 Å². The first-order valence-electron chi connectivity index (χ1n) is 9.71. The van der Waals surface area contributed by atoms with Crippen molar-refractivity contribution in [2.75, 3.05) is 38.1 Å². The van der Waals surface area contributed by atoms with Gasteiger partial charge >= 0.3 is 0 Å². The molecule has 0 unspecified atom stereocenters. The summed E-state index contributed by atoms with van der Waals surface area (Å²) in [7, 11) is 4.70. The van der Waals surface area contributed by atoms with Gasteiger partial charge < -0.3 is 24.4 Å². The molecule has 2 aromatic rings. The fourth-order valence-electron chi connectivity index (χ4n) is 3.34. The number of ether oxygens (including phenoxy) is 3. The van der Waals surface area contributed by atoms with E-state index in [0.717, 1.165) is 25.3 Å². The van der Waals surface area contributed by atoms with Crippen molar-refractivity contribution in [3.05, 3.63) is 83.3 Å². The van der Waals surface area contributed by atoms with Gasteiger partial charge in [-0.05, 0) is 30.5 Å². The summed E-state index contributed by atoms with van der Waals surface area (Å²) in [5.41, 5.74) is 3.30. The maximum atomic E-state index is 5.44. The average Bonchev–Trinajstić information content (AvgIpc) is 2.78. The molecule has 0 saturated carbocycles. The van der Waals surface area contributed by atoms with Crippen molar-refractivity contribution in [2.45, 2.75) is 19.9 Å².